The van der Waals surface area contributed by atoms with Crippen LogP contribution < -0.4 is 0 Å². The molecule has 0 aliphatic rings. The van der Waals surface area contributed by atoms with Crippen LogP contribution in [0.3, 0.4) is 0 Å². The van der Waals surface area contributed by atoms with Crippen LogP contribution in [0.25, 0.3) is 0 Å². The van der Waals surface area contributed by atoms with Crippen LogP contribution >= 0.6 is 11.6 Å². The number of ether oxygens (including phenoxy) is 1. The third kappa shape index (κ3) is 5.45. The number of halogens is 1. The predicted molar refractivity (Wildman–Crippen MR) is 80.2 cm³/mol. The molecule has 5 nitrogen and oxygen atoms in total. The van der Waals surface area contributed by atoms with Gasteiger partial charge in [0, 0.05) is 26.4 Å². The lowest BCUT2D eigenvalue weighted by atomic mass is 10.2. The molecule has 0 aliphatic carbocycles. The van der Waals surface area contributed by atoms with Crippen LogP contribution in [0.5, 0.6) is 0 Å². The first-order valence-corrected chi connectivity index (χ1v) is 6.97. The molecule has 0 saturated heterocycles. The number of pyridine rings is 1. The summed E-state index contributed by atoms with van der Waals surface area (Å²) < 4.78 is 5.06. The minimum atomic E-state index is -0.0982. The number of hydrogen-bond acceptors (Lipinski definition) is 4. The van der Waals surface area contributed by atoms with E-state index in [2.05, 4.69) is 9.88 Å². The molecule has 1 amide bonds. The Bertz CT molecular complexity index is 427. The van der Waals surface area contributed by atoms with Crippen molar-refractivity contribution in [2.45, 2.75) is 6.42 Å². The highest BCUT2D eigenvalue weighted by atomic mass is 35.5. The maximum atomic E-state index is 12.5. The van der Waals surface area contributed by atoms with Crippen molar-refractivity contribution in [1.82, 2.24) is 14.8 Å². The number of methoxy groups -OCH3 is 1. The van der Waals surface area contributed by atoms with Crippen molar-refractivity contribution in [2.24, 2.45) is 0 Å². The molecule has 20 heavy (non-hydrogen) atoms. The van der Waals surface area contributed by atoms with E-state index in [-0.39, 0.29) is 11.1 Å². The second-order valence-corrected chi connectivity index (χ2v) is 5.14. The normalized spacial score (nSPS) is 10.8. The lowest BCUT2D eigenvalue weighted by Crippen LogP contribution is -2.36. The second kappa shape index (κ2) is 8.89. The zero-order valence-electron chi connectivity index (χ0n) is 12.3. The molecule has 1 aromatic heterocycles. The Morgan fingerprint density at radius 2 is 2.10 bits per heavy atom. The maximum Gasteiger partial charge on any atom is 0.257 e. The molecule has 0 aromatic carbocycles. The number of aromatic nitrogens is 1. The van der Waals surface area contributed by atoms with E-state index in [9.17, 15) is 4.79 Å². The molecule has 0 aliphatic heterocycles. The molecular formula is C14H22ClN3O2. The summed E-state index contributed by atoms with van der Waals surface area (Å²) in [6, 6.07) is 3.41. The molecule has 0 atom stereocenters. The molecular weight excluding hydrogens is 278 g/mol. The number of carbonyl (C=O) groups is 1. The highest BCUT2D eigenvalue weighted by molar-refractivity contribution is 6.32. The number of hydrogen-bond donors (Lipinski definition) is 0. The molecule has 0 fully saturated rings. The highest BCUT2D eigenvalue weighted by Crippen LogP contribution is 2.14. The fraction of sp³-hybridized carbons (Fsp3) is 0.571. The van der Waals surface area contributed by atoms with E-state index in [0.717, 1.165) is 13.0 Å². The second-order valence-electron chi connectivity index (χ2n) is 4.78. The number of nitrogens with zero attached hydrogens (tertiary/aromatic N) is 3. The molecule has 1 aromatic rings. The topological polar surface area (TPSA) is 45.7 Å². The summed E-state index contributed by atoms with van der Waals surface area (Å²) in [4.78, 5) is 20.3. The largest absolute Gasteiger partial charge is 0.383 e. The fourth-order valence-corrected chi connectivity index (χ4v) is 2.01. The summed E-state index contributed by atoms with van der Waals surface area (Å²) in [7, 11) is 5.65. The van der Waals surface area contributed by atoms with E-state index in [4.69, 9.17) is 16.3 Å². The van der Waals surface area contributed by atoms with Crippen LogP contribution in [0.4, 0.5) is 0 Å². The molecule has 0 radical (unpaired) electrons. The van der Waals surface area contributed by atoms with Gasteiger partial charge in [-0.1, -0.05) is 11.6 Å². The van der Waals surface area contributed by atoms with Crippen molar-refractivity contribution in [3.05, 3.63) is 29.0 Å². The molecule has 0 N–H and O–H groups in total. The smallest absolute Gasteiger partial charge is 0.257 e. The molecule has 1 heterocycles. The molecule has 0 unspecified atom stereocenters. The molecule has 6 heteroatoms. The summed E-state index contributed by atoms with van der Waals surface area (Å²) in [5.74, 6) is -0.0982. The fourth-order valence-electron chi connectivity index (χ4n) is 1.81. The number of carbonyl (C=O) groups excluding carboxylic acids is 1. The van der Waals surface area contributed by atoms with Crippen molar-refractivity contribution in [3.63, 3.8) is 0 Å². The Balaban J connectivity index is 2.71. The summed E-state index contributed by atoms with van der Waals surface area (Å²) in [6.45, 7) is 2.66. The quantitative estimate of drug-likeness (QED) is 0.687. The van der Waals surface area contributed by atoms with Gasteiger partial charge in [0.25, 0.3) is 5.91 Å². The standard InChI is InChI=1S/C14H22ClN3O2/c1-17(2)8-5-9-18(10-11-20-3)14(19)12-6-4-7-16-13(12)15/h4,6-7H,5,8-11H2,1-3H3. The lowest BCUT2D eigenvalue weighted by Gasteiger charge is -2.23. The van der Waals surface area contributed by atoms with Gasteiger partial charge in [-0.2, -0.15) is 0 Å². The zero-order chi connectivity index (χ0) is 15.0. The molecule has 112 valence electrons. The van der Waals surface area contributed by atoms with Crippen LogP contribution in [-0.4, -0.2) is 68.1 Å². The van der Waals surface area contributed by atoms with E-state index in [1.807, 2.05) is 14.1 Å². The van der Waals surface area contributed by atoms with Gasteiger partial charge < -0.3 is 14.5 Å². The minimum absolute atomic E-state index is 0.0982. The van der Waals surface area contributed by atoms with Gasteiger partial charge in [-0.05, 0) is 39.2 Å². The van der Waals surface area contributed by atoms with Gasteiger partial charge in [-0.25, -0.2) is 4.98 Å². The van der Waals surface area contributed by atoms with Gasteiger partial charge >= 0.3 is 0 Å². The van der Waals surface area contributed by atoms with Gasteiger partial charge in [0.1, 0.15) is 5.15 Å². The first-order valence-electron chi connectivity index (χ1n) is 6.59. The minimum Gasteiger partial charge on any atom is -0.383 e. The van der Waals surface area contributed by atoms with Crippen LogP contribution in [0.15, 0.2) is 18.3 Å². The van der Waals surface area contributed by atoms with Crippen molar-refractivity contribution >= 4 is 17.5 Å². The number of amides is 1. The van der Waals surface area contributed by atoms with Crippen LogP contribution in [0.1, 0.15) is 16.8 Å². The molecule has 1 rings (SSSR count). The summed E-state index contributed by atoms with van der Waals surface area (Å²) in [5, 5.41) is 0.243. The Labute approximate surface area is 125 Å². The first-order chi connectivity index (χ1) is 9.56. The van der Waals surface area contributed by atoms with Crippen molar-refractivity contribution in [1.29, 1.82) is 0 Å². The van der Waals surface area contributed by atoms with E-state index in [1.165, 1.54) is 0 Å². The van der Waals surface area contributed by atoms with Gasteiger partial charge in [0.2, 0.25) is 0 Å². The Morgan fingerprint density at radius 3 is 2.70 bits per heavy atom. The van der Waals surface area contributed by atoms with Crippen molar-refractivity contribution in [3.8, 4) is 0 Å². The monoisotopic (exact) mass is 299 g/mol. The molecule has 0 saturated carbocycles. The van der Waals surface area contributed by atoms with Gasteiger partial charge in [-0.3, -0.25) is 4.79 Å². The van der Waals surface area contributed by atoms with Crippen LogP contribution in [-0.2, 0) is 4.74 Å². The van der Waals surface area contributed by atoms with Crippen molar-refractivity contribution < 1.29 is 9.53 Å². The first kappa shape index (κ1) is 16.9. The van der Waals surface area contributed by atoms with E-state index in [0.29, 0.717) is 25.3 Å². The average Bonchev–Trinajstić information content (AvgIpc) is 2.42. The Morgan fingerprint density at radius 1 is 1.35 bits per heavy atom. The highest BCUT2D eigenvalue weighted by Gasteiger charge is 2.18. The predicted octanol–water partition coefficient (Wildman–Crippen LogP) is 1.78. The summed E-state index contributed by atoms with van der Waals surface area (Å²) in [6.07, 6.45) is 2.48. The molecule has 0 bridgehead atoms. The average molecular weight is 300 g/mol. The van der Waals surface area contributed by atoms with Crippen molar-refractivity contribution in [2.75, 3.05) is 47.4 Å². The van der Waals surface area contributed by atoms with Gasteiger partial charge in [0.05, 0.1) is 12.2 Å². The summed E-state index contributed by atoms with van der Waals surface area (Å²) in [5.41, 5.74) is 0.440. The lowest BCUT2D eigenvalue weighted by molar-refractivity contribution is 0.0689. The van der Waals surface area contributed by atoms with E-state index < -0.39 is 0 Å². The van der Waals surface area contributed by atoms with Crippen LogP contribution in [0.2, 0.25) is 5.15 Å². The maximum absolute atomic E-state index is 12.5. The van der Waals surface area contributed by atoms with E-state index >= 15 is 0 Å². The number of rotatable bonds is 8. The van der Waals surface area contributed by atoms with Gasteiger partial charge in [0.15, 0.2) is 0 Å². The van der Waals surface area contributed by atoms with E-state index in [1.54, 1.807) is 30.3 Å². The molecule has 0 spiro atoms. The third-order valence-electron chi connectivity index (χ3n) is 2.88. The zero-order valence-corrected chi connectivity index (χ0v) is 13.1. The van der Waals surface area contributed by atoms with Gasteiger partial charge in [-0.15, -0.1) is 0 Å². The summed E-state index contributed by atoms with van der Waals surface area (Å²) >= 11 is 5.98. The SMILES string of the molecule is COCCN(CCCN(C)C)C(=O)c1cccnc1Cl. The Kier molecular flexibility index (Phi) is 7.51. The third-order valence-corrected chi connectivity index (χ3v) is 3.18. The van der Waals surface area contributed by atoms with Crippen LogP contribution in [0, 0.1) is 0 Å². The Hall–Kier alpha value is -1.17.